The normalized spacial score (nSPS) is 15.1. The van der Waals surface area contributed by atoms with Gasteiger partial charge in [-0.05, 0) is 62.1 Å². The number of hydrogen-bond donors (Lipinski definition) is 2. The van der Waals surface area contributed by atoms with Gasteiger partial charge in [-0.3, -0.25) is 24.1 Å². The van der Waals surface area contributed by atoms with Crippen molar-refractivity contribution in [3.63, 3.8) is 0 Å². The van der Waals surface area contributed by atoms with Crippen molar-refractivity contribution in [2.75, 3.05) is 17.2 Å². The van der Waals surface area contributed by atoms with E-state index in [4.69, 9.17) is 0 Å². The summed E-state index contributed by atoms with van der Waals surface area (Å²) < 4.78 is 0. The lowest BCUT2D eigenvalue weighted by molar-refractivity contribution is -0.117. The minimum Gasteiger partial charge on any atom is -0.326 e. The molecule has 1 fully saturated rings. The molecular formula is C24H25N3O4. The van der Waals surface area contributed by atoms with Crippen LogP contribution >= 0.6 is 0 Å². The van der Waals surface area contributed by atoms with Crippen molar-refractivity contribution in [1.82, 2.24) is 4.90 Å². The third-order valence-electron chi connectivity index (χ3n) is 5.67. The van der Waals surface area contributed by atoms with E-state index in [0.717, 1.165) is 31.2 Å². The van der Waals surface area contributed by atoms with Crippen LogP contribution in [-0.4, -0.2) is 35.1 Å². The standard InChI is InChI=1S/C24H25N3O4/c1-3-4-11-27-23(30)18-10-8-16(12-19(18)24(27)31)22(29)26-20-13-17(9-5-14(20)2)25-21(28)15-6-7-15/h5,8-10,12-13,15H,3-4,6-7,11H2,1-2H3,(H,25,28)(H,26,29). The summed E-state index contributed by atoms with van der Waals surface area (Å²) >= 11 is 0. The van der Waals surface area contributed by atoms with Gasteiger partial charge >= 0.3 is 0 Å². The highest BCUT2D eigenvalue weighted by Crippen LogP contribution is 2.31. The molecule has 2 aromatic carbocycles. The molecule has 4 rings (SSSR count). The van der Waals surface area contributed by atoms with Gasteiger partial charge in [-0.1, -0.05) is 19.4 Å². The quantitative estimate of drug-likeness (QED) is 0.663. The van der Waals surface area contributed by atoms with Crippen molar-refractivity contribution in [2.45, 2.75) is 39.5 Å². The number of hydrogen-bond acceptors (Lipinski definition) is 4. The van der Waals surface area contributed by atoms with Crippen molar-refractivity contribution in [3.8, 4) is 0 Å². The summed E-state index contributed by atoms with van der Waals surface area (Å²) in [6.07, 6.45) is 3.44. The number of rotatable bonds is 7. The van der Waals surface area contributed by atoms with Gasteiger partial charge in [0.05, 0.1) is 11.1 Å². The monoisotopic (exact) mass is 419 g/mol. The lowest BCUT2D eigenvalue weighted by Crippen LogP contribution is -2.30. The molecule has 2 aliphatic rings. The molecule has 0 atom stereocenters. The van der Waals surface area contributed by atoms with Crippen LogP contribution in [0.25, 0.3) is 0 Å². The lowest BCUT2D eigenvalue weighted by Gasteiger charge is -2.12. The van der Waals surface area contributed by atoms with Crippen molar-refractivity contribution >= 4 is 35.0 Å². The molecule has 160 valence electrons. The second kappa shape index (κ2) is 8.34. The largest absolute Gasteiger partial charge is 0.326 e. The summed E-state index contributed by atoms with van der Waals surface area (Å²) in [7, 11) is 0. The maximum Gasteiger partial charge on any atom is 0.261 e. The van der Waals surface area contributed by atoms with E-state index in [2.05, 4.69) is 10.6 Å². The van der Waals surface area contributed by atoms with Crippen molar-refractivity contribution in [1.29, 1.82) is 0 Å². The molecule has 0 spiro atoms. The van der Waals surface area contributed by atoms with Gasteiger partial charge < -0.3 is 10.6 Å². The zero-order chi connectivity index (χ0) is 22.1. The molecule has 2 aromatic rings. The van der Waals surface area contributed by atoms with Gasteiger partial charge in [-0.25, -0.2) is 0 Å². The van der Waals surface area contributed by atoms with Crippen LogP contribution in [0.2, 0.25) is 0 Å². The fraction of sp³-hybridized carbons (Fsp3) is 0.333. The average Bonchev–Trinajstić information content (AvgIpc) is 3.58. The highest BCUT2D eigenvalue weighted by molar-refractivity contribution is 6.22. The minimum atomic E-state index is -0.385. The first kappa shape index (κ1) is 20.8. The molecule has 1 aliphatic carbocycles. The van der Waals surface area contributed by atoms with Crippen LogP contribution in [0, 0.1) is 12.8 Å². The van der Waals surface area contributed by atoms with E-state index in [1.807, 2.05) is 19.9 Å². The number of nitrogens with zero attached hydrogens (tertiary/aromatic N) is 1. The van der Waals surface area contributed by atoms with E-state index in [0.29, 0.717) is 29.0 Å². The van der Waals surface area contributed by atoms with E-state index in [-0.39, 0.29) is 35.1 Å². The van der Waals surface area contributed by atoms with E-state index in [9.17, 15) is 19.2 Å². The number of nitrogens with one attached hydrogen (secondary N) is 2. The van der Waals surface area contributed by atoms with Gasteiger partial charge in [0.2, 0.25) is 5.91 Å². The van der Waals surface area contributed by atoms with Crippen LogP contribution in [-0.2, 0) is 4.79 Å². The van der Waals surface area contributed by atoms with Crippen LogP contribution in [0.15, 0.2) is 36.4 Å². The molecule has 1 saturated carbocycles. The van der Waals surface area contributed by atoms with Gasteiger partial charge in [-0.15, -0.1) is 0 Å². The number of anilines is 2. The van der Waals surface area contributed by atoms with Gasteiger partial charge in [0.25, 0.3) is 17.7 Å². The van der Waals surface area contributed by atoms with Crippen molar-refractivity contribution in [2.24, 2.45) is 5.92 Å². The summed E-state index contributed by atoms with van der Waals surface area (Å²) in [5.41, 5.74) is 2.93. The Kier molecular flexibility index (Phi) is 5.59. The molecule has 0 aromatic heterocycles. The Morgan fingerprint density at radius 3 is 2.45 bits per heavy atom. The molecule has 0 radical (unpaired) electrons. The Labute approximate surface area is 180 Å². The summed E-state index contributed by atoms with van der Waals surface area (Å²) in [4.78, 5) is 51.2. The summed E-state index contributed by atoms with van der Waals surface area (Å²) in [6, 6.07) is 9.92. The number of amides is 4. The Bertz CT molecular complexity index is 1090. The minimum absolute atomic E-state index is 0.00411. The Morgan fingerprint density at radius 2 is 1.74 bits per heavy atom. The molecule has 31 heavy (non-hydrogen) atoms. The van der Waals surface area contributed by atoms with E-state index >= 15 is 0 Å². The highest BCUT2D eigenvalue weighted by atomic mass is 16.2. The van der Waals surface area contributed by atoms with E-state index in [1.54, 1.807) is 18.2 Å². The summed E-state index contributed by atoms with van der Waals surface area (Å²) in [6.45, 7) is 4.23. The Balaban J connectivity index is 1.51. The third kappa shape index (κ3) is 4.21. The number of imide groups is 1. The zero-order valence-corrected chi connectivity index (χ0v) is 17.7. The molecule has 7 nitrogen and oxygen atoms in total. The fourth-order valence-corrected chi connectivity index (χ4v) is 3.57. The Morgan fingerprint density at radius 1 is 1.00 bits per heavy atom. The molecule has 1 aliphatic heterocycles. The van der Waals surface area contributed by atoms with Crippen LogP contribution in [0.5, 0.6) is 0 Å². The second-order valence-corrected chi connectivity index (χ2v) is 8.12. The van der Waals surface area contributed by atoms with Gasteiger partial charge in [-0.2, -0.15) is 0 Å². The summed E-state index contributed by atoms with van der Waals surface area (Å²) in [5, 5.41) is 5.72. The third-order valence-corrected chi connectivity index (χ3v) is 5.67. The second-order valence-electron chi connectivity index (χ2n) is 8.12. The maximum atomic E-state index is 12.9. The van der Waals surface area contributed by atoms with E-state index < -0.39 is 0 Å². The van der Waals surface area contributed by atoms with Crippen LogP contribution in [0.1, 0.15) is 69.2 Å². The fourth-order valence-electron chi connectivity index (χ4n) is 3.57. The molecule has 7 heteroatoms. The molecule has 2 N–H and O–H groups in total. The lowest BCUT2D eigenvalue weighted by atomic mass is 10.0. The summed E-state index contributed by atoms with van der Waals surface area (Å²) in [5.74, 6) is -0.971. The SMILES string of the molecule is CCCCN1C(=O)c2ccc(C(=O)Nc3cc(NC(=O)C4CC4)ccc3C)cc2C1=O. The molecule has 0 unspecified atom stereocenters. The molecule has 0 bridgehead atoms. The van der Waals surface area contributed by atoms with Crippen LogP contribution < -0.4 is 10.6 Å². The first-order chi connectivity index (χ1) is 14.9. The number of fused-ring (bicyclic) bond motifs is 1. The average molecular weight is 419 g/mol. The molecule has 0 saturated heterocycles. The first-order valence-electron chi connectivity index (χ1n) is 10.6. The highest BCUT2D eigenvalue weighted by Gasteiger charge is 2.35. The Hall–Kier alpha value is -3.48. The van der Waals surface area contributed by atoms with Crippen molar-refractivity contribution < 1.29 is 19.2 Å². The number of benzene rings is 2. The molecular weight excluding hydrogens is 394 g/mol. The van der Waals surface area contributed by atoms with E-state index in [1.165, 1.54) is 17.0 Å². The number of aryl methyl sites for hydroxylation is 1. The smallest absolute Gasteiger partial charge is 0.261 e. The molecule has 4 amide bonds. The predicted molar refractivity (Wildman–Crippen MR) is 117 cm³/mol. The number of carbonyl (C=O) groups is 4. The van der Waals surface area contributed by atoms with Crippen LogP contribution in [0.3, 0.4) is 0 Å². The predicted octanol–water partition coefficient (Wildman–Crippen LogP) is 3.99. The van der Waals surface area contributed by atoms with Crippen molar-refractivity contribution in [3.05, 3.63) is 58.7 Å². The maximum absolute atomic E-state index is 12.9. The van der Waals surface area contributed by atoms with Gasteiger partial charge in [0, 0.05) is 29.4 Å². The molecule has 1 heterocycles. The zero-order valence-electron chi connectivity index (χ0n) is 17.7. The number of carbonyl (C=O) groups excluding carboxylic acids is 4. The number of unbranched alkanes of at least 4 members (excludes halogenated alkanes) is 1. The van der Waals surface area contributed by atoms with Crippen LogP contribution in [0.4, 0.5) is 11.4 Å². The van der Waals surface area contributed by atoms with Gasteiger partial charge in [0.1, 0.15) is 0 Å². The van der Waals surface area contributed by atoms with Gasteiger partial charge in [0.15, 0.2) is 0 Å². The first-order valence-corrected chi connectivity index (χ1v) is 10.6. The topological polar surface area (TPSA) is 95.6 Å².